The molecule has 0 rings (SSSR count). The zero-order valence-corrected chi connectivity index (χ0v) is 36.6. The molecule has 2 atom stereocenters. The molecule has 0 aromatic rings. The number of allylic oxidation sites excluding steroid dienone is 4. The lowest BCUT2D eigenvalue weighted by Crippen LogP contribution is -2.55. The van der Waals surface area contributed by atoms with Gasteiger partial charge in [-0.25, -0.2) is 0 Å². The fourth-order valence-electron chi connectivity index (χ4n) is 6.75. The van der Waals surface area contributed by atoms with E-state index >= 15 is 0 Å². The highest BCUT2D eigenvalue weighted by Crippen LogP contribution is 2.15. The number of unbranched alkanes of at least 4 members (excludes halogenated alkanes) is 23. The Morgan fingerprint density at radius 1 is 0.545 bits per heavy atom. The molecule has 0 aliphatic rings. The standard InChI is InChI=1S/C47H87NO7/c1-6-8-10-12-14-16-18-20-22-23-24-26-27-29-31-33-35-37-45(49)54-42-43(41-53-40-39-44(47(51)52)48(3,4)5)55-46(50)38-36-34-32-30-28-25-21-19-17-15-13-11-9-7-2/h14,16,20,22,43-44H,6-13,15,17-19,21,23-42H2,1-5H3/b16-14+,22-20+. The summed E-state index contributed by atoms with van der Waals surface area (Å²) in [6.07, 6.45) is 41.9. The molecule has 2 unspecified atom stereocenters. The molecule has 322 valence electrons. The van der Waals surface area contributed by atoms with Gasteiger partial charge in [-0.2, -0.15) is 0 Å². The van der Waals surface area contributed by atoms with E-state index in [1.54, 1.807) is 21.1 Å². The first-order valence-corrected chi connectivity index (χ1v) is 22.9. The Bertz CT molecular complexity index is 957. The minimum Gasteiger partial charge on any atom is -0.544 e. The quantitative estimate of drug-likeness (QED) is 0.0264. The first-order valence-electron chi connectivity index (χ1n) is 22.9. The van der Waals surface area contributed by atoms with Gasteiger partial charge in [-0.3, -0.25) is 9.59 Å². The van der Waals surface area contributed by atoms with Crippen LogP contribution in [0.5, 0.6) is 0 Å². The SMILES string of the molecule is CCCCC/C=C/C/C=C/CCCCCCCCCC(=O)OCC(COCCC(C(=O)[O-])[N+](C)(C)C)OC(=O)CCCCCCCCCCCCCCCC. The molecule has 0 aliphatic heterocycles. The van der Waals surface area contributed by atoms with E-state index in [1.807, 2.05) is 0 Å². The third-order valence-electron chi connectivity index (χ3n) is 10.3. The molecule has 8 heteroatoms. The number of ether oxygens (including phenoxy) is 3. The zero-order valence-electron chi connectivity index (χ0n) is 36.6. The summed E-state index contributed by atoms with van der Waals surface area (Å²) in [5.74, 6) is -1.73. The van der Waals surface area contributed by atoms with Gasteiger partial charge in [0.2, 0.25) is 0 Å². The van der Waals surface area contributed by atoms with Crippen molar-refractivity contribution in [3.05, 3.63) is 24.3 Å². The van der Waals surface area contributed by atoms with Crippen molar-refractivity contribution < 1.29 is 38.2 Å². The zero-order chi connectivity index (χ0) is 40.7. The second-order valence-corrected chi connectivity index (χ2v) is 16.6. The highest BCUT2D eigenvalue weighted by Gasteiger charge is 2.25. The lowest BCUT2D eigenvalue weighted by molar-refractivity contribution is -0.889. The predicted octanol–water partition coefficient (Wildman–Crippen LogP) is 11.1. The van der Waals surface area contributed by atoms with Crippen LogP contribution in [0.2, 0.25) is 0 Å². The predicted molar refractivity (Wildman–Crippen MR) is 227 cm³/mol. The van der Waals surface area contributed by atoms with Gasteiger partial charge in [-0.15, -0.1) is 0 Å². The fraction of sp³-hybridized carbons (Fsp3) is 0.851. The van der Waals surface area contributed by atoms with E-state index in [4.69, 9.17) is 14.2 Å². The van der Waals surface area contributed by atoms with Crippen LogP contribution in [0, 0.1) is 0 Å². The van der Waals surface area contributed by atoms with Crippen LogP contribution < -0.4 is 5.11 Å². The van der Waals surface area contributed by atoms with Gasteiger partial charge in [0.1, 0.15) is 12.6 Å². The molecule has 0 saturated carbocycles. The fourth-order valence-corrected chi connectivity index (χ4v) is 6.75. The van der Waals surface area contributed by atoms with E-state index < -0.39 is 18.1 Å². The first-order chi connectivity index (χ1) is 26.6. The Morgan fingerprint density at radius 2 is 0.964 bits per heavy atom. The van der Waals surface area contributed by atoms with E-state index in [1.165, 1.54) is 122 Å². The molecular formula is C47H87NO7. The Balaban J connectivity index is 4.31. The van der Waals surface area contributed by atoms with Crippen molar-refractivity contribution in [2.45, 2.75) is 219 Å². The van der Waals surface area contributed by atoms with Crippen LogP contribution in [-0.2, 0) is 28.6 Å². The first kappa shape index (κ1) is 52.8. The Kier molecular flexibility index (Phi) is 37.1. The minimum absolute atomic E-state index is 0.0423. The molecule has 0 radical (unpaired) electrons. The van der Waals surface area contributed by atoms with E-state index in [2.05, 4.69) is 38.2 Å². The summed E-state index contributed by atoms with van der Waals surface area (Å²) in [4.78, 5) is 36.9. The second kappa shape index (κ2) is 38.7. The molecule has 0 saturated heterocycles. The Labute approximate surface area is 339 Å². The average molecular weight is 778 g/mol. The number of carboxylic acids is 1. The van der Waals surface area contributed by atoms with E-state index in [9.17, 15) is 19.5 Å². The number of quaternary nitrogens is 1. The van der Waals surface area contributed by atoms with Crippen LogP contribution in [0.25, 0.3) is 0 Å². The third-order valence-corrected chi connectivity index (χ3v) is 10.3. The number of carbonyl (C=O) groups excluding carboxylic acids is 3. The largest absolute Gasteiger partial charge is 0.544 e. The molecule has 0 amide bonds. The lowest BCUT2D eigenvalue weighted by atomic mass is 10.0. The molecule has 0 aromatic carbocycles. The highest BCUT2D eigenvalue weighted by atomic mass is 16.6. The molecule has 0 aliphatic carbocycles. The number of carbonyl (C=O) groups is 3. The van der Waals surface area contributed by atoms with Crippen molar-refractivity contribution in [2.75, 3.05) is 41.0 Å². The number of likely N-dealkylation sites (N-methyl/N-ethyl adjacent to an activating group) is 1. The molecule has 0 bridgehead atoms. The van der Waals surface area contributed by atoms with E-state index in [0.29, 0.717) is 12.8 Å². The summed E-state index contributed by atoms with van der Waals surface area (Å²) in [5, 5.41) is 11.6. The van der Waals surface area contributed by atoms with E-state index in [0.717, 1.165) is 51.4 Å². The van der Waals surface area contributed by atoms with Crippen molar-refractivity contribution in [3.63, 3.8) is 0 Å². The van der Waals surface area contributed by atoms with Crippen LogP contribution in [0.1, 0.15) is 206 Å². The average Bonchev–Trinajstić information content (AvgIpc) is 3.14. The molecule has 0 fully saturated rings. The van der Waals surface area contributed by atoms with Gasteiger partial charge in [-0.05, 0) is 44.9 Å². The molecule has 0 N–H and O–H groups in total. The summed E-state index contributed by atoms with van der Waals surface area (Å²) < 4.78 is 17.2. The number of hydrogen-bond acceptors (Lipinski definition) is 7. The van der Waals surface area contributed by atoms with Crippen molar-refractivity contribution in [3.8, 4) is 0 Å². The van der Waals surface area contributed by atoms with Crippen molar-refractivity contribution in [1.29, 1.82) is 0 Å². The van der Waals surface area contributed by atoms with Crippen molar-refractivity contribution in [1.82, 2.24) is 0 Å². The summed E-state index contributed by atoms with van der Waals surface area (Å²) in [6.45, 7) is 4.65. The maximum absolute atomic E-state index is 12.7. The van der Waals surface area contributed by atoms with Crippen molar-refractivity contribution in [2.24, 2.45) is 0 Å². The van der Waals surface area contributed by atoms with Crippen LogP contribution >= 0.6 is 0 Å². The van der Waals surface area contributed by atoms with Crippen LogP contribution in [0.15, 0.2) is 24.3 Å². The maximum atomic E-state index is 12.7. The maximum Gasteiger partial charge on any atom is 0.306 e. The van der Waals surface area contributed by atoms with Gasteiger partial charge in [-0.1, -0.05) is 167 Å². The normalized spacial score (nSPS) is 13.1. The Hall–Kier alpha value is -2.19. The van der Waals surface area contributed by atoms with Gasteiger partial charge < -0.3 is 28.6 Å². The molecular weight excluding hydrogens is 691 g/mol. The molecule has 0 spiro atoms. The van der Waals surface area contributed by atoms with Gasteiger partial charge >= 0.3 is 11.9 Å². The van der Waals surface area contributed by atoms with Gasteiger partial charge in [0.15, 0.2) is 6.10 Å². The smallest absolute Gasteiger partial charge is 0.306 e. The molecule has 55 heavy (non-hydrogen) atoms. The third kappa shape index (κ3) is 37.2. The summed E-state index contributed by atoms with van der Waals surface area (Å²) in [6, 6.07) is -0.723. The topological polar surface area (TPSA) is 102 Å². The number of esters is 2. The summed E-state index contributed by atoms with van der Waals surface area (Å²) in [7, 11) is 5.41. The highest BCUT2D eigenvalue weighted by molar-refractivity contribution is 5.70. The number of carboxylic acid groups (broad SMARTS) is 1. The monoisotopic (exact) mass is 778 g/mol. The molecule has 0 aromatic heterocycles. The number of hydrogen-bond donors (Lipinski definition) is 0. The summed E-state index contributed by atoms with van der Waals surface area (Å²) in [5.41, 5.74) is 0. The van der Waals surface area contributed by atoms with Gasteiger partial charge in [0.25, 0.3) is 0 Å². The molecule has 0 heterocycles. The van der Waals surface area contributed by atoms with E-state index in [-0.39, 0.29) is 42.7 Å². The van der Waals surface area contributed by atoms with Crippen LogP contribution in [-0.4, -0.2) is 75.5 Å². The second-order valence-electron chi connectivity index (χ2n) is 16.6. The van der Waals surface area contributed by atoms with Crippen LogP contribution in [0.3, 0.4) is 0 Å². The van der Waals surface area contributed by atoms with Gasteiger partial charge in [0, 0.05) is 19.3 Å². The van der Waals surface area contributed by atoms with Gasteiger partial charge in [0.05, 0.1) is 40.3 Å². The Morgan fingerprint density at radius 3 is 1.44 bits per heavy atom. The molecule has 8 nitrogen and oxygen atoms in total. The number of aliphatic carboxylic acids is 1. The minimum atomic E-state index is -1.12. The summed E-state index contributed by atoms with van der Waals surface area (Å²) >= 11 is 0. The number of rotatable bonds is 41. The number of nitrogens with zero attached hydrogens (tertiary/aromatic N) is 1. The van der Waals surface area contributed by atoms with Crippen molar-refractivity contribution >= 4 is 17.9 Å². The lowest BCUT2D eigenvalue weighted by Gasteiger charge is -2.34. The van der Waals surface area contributed by atoms with Crippen LogP contribution in [0.4, 0.5) is 0 Å².